The summed E-state index contributed by atoms with van der Waals surface area (Å²) in [7, 11) is -4.25. The van der Waals surface area contributed by atoms with E-state index >= 15 is 0 Å². The Balaban J connectivity index is 3.98. The molecule has 0 amide bonds. The number of rotatable bonds is 34. The van der Waals surface area contributed by atoms with Gasteiger partial charge in [-0.05, 0) is 12.8 Å². The minimum Gasteiger partial charge on any atom is -0.457 e. The lowest BCUT2D eigenvalue weighted by molar-refractivity contribution is -0.154. The van der Waals surface area contributed by atoms with E-state index in [1.165, 1.54) is 116 Å². The highest BCUT2D eigenvalue weighted by atomic mass is 31.2. The van der Waals surface area contributed by atoms with Crippen molar-refractivity contribution in [1.29, 1.82) is 0 Å². The van der Waals surface area contributed by atoms with Crippen LogP contribution in [0.1, 0.15) is 168 Å². The van der Waals surface area contributed by atoms with Gasteiger partial charge in [-0.25, -0.2) is 4.57 Å². The first-order valence-corrected chi connectivity index (χ1v) is 19.0. The fourth-order valence-corrected chi connectivity index (χ4v) is 5.70. The van der Waals surface area contributed by atoms with Gasteiger partial charge in [0.25, 0.3) is 0 Å². The maximum atomic E-state index is 12.4. The number of carbonyl (C=O) groups is 1. The van der Waals surface area contributed by atoms with Crippen molar-refractivity contribution in [2.24, 2.45) is 5.73 Å². The molecule has 0 aliphatic heterocycles. The molecule has 8 nitrogen and oxygen atoms in total. The summed E-state index contributed by atoms with van der Waals surface area (Å²) in [5, 5.41) is 0. The maximum absolute atomic E-state index is 12.4. The fourth-order valence-electron chi connectivity index (χ4n) is 4.94. The average Bonchev–Trinajstić information content (AvgIpc) is 2.97. The second kappa shape index (κ2) is 31.9. The van der Waals surface area contributed by atoms with Crippen LogP contribution in [0.2, 0.25) is 0 Å². The van der Waals surface area contributed by atoms with Gasteiger partial charge in [-0.2, -0.15) is 0 Å². The Bertz CT molecular complexity index is 623. The lowest BCUT2D eigenvalue weighted by Crippen LogP contribution is -2.28. The Morgan fingerprint density at radius 3 is 1.50 bits per heavy atom. The van der Waals surface area contributed by atoms with Crippen molar-refractivity contribution in [1.82, 2.24) is 0 Å². The van der Waals surface area contributed by atoms with Crippen molar-refractivity contribution in [2.45, 2.75) is 174 Å². The molecule has 0 spiro atoms. The van der Waals surface area contributed by atoms with Crippen LogP contribution in [-0.4, -0.2) is 49.9 Å². The number of nitrogens with two attached hydrogens (primary N) is 1. The predicted molar refractivity (Wildman–Crippen MR) is 174 cm³/mol. The van der Waals surface area contributed by atoms with Crippen molar-refractivity contribution >= 4 is 13.8 Å². The minimum absolute atomic E-state index is 0.0910. The zero-order chi connectivity index (χ0) is 31.0. The number of esters is 1. The van der Waals surface area contributed by atoms with Gasteiger partial charge < -0.3 is 20.1 Å². The predicted octanol–water partition coefficient (Wildman–Crippen LogP) is 9.41. The smallest absolute Gasteiger partial charge is 0.457 e. The van der Waals surface area contributed by atoms with Gasteiger partial charge in [0.15, 0.2) is 0 Å². The average molecular weight is 622 g/mol. The first-order valence-electron chi connectivity index (χ1n) is 17.5. The van der Waals surface area contributed by atoms with Crippen molar-refractivity contribution in [3.8, 4) is 0 Å². The van der Waals surface area contributed by atoms with Gasteiger partial charge in [-0.3, -0.25) is 13.8 Å². The van der Waals surface area contributed by atoms with Crippen molar-refractivity contribution in [3.05, 3.63) is 0 Å². The molecule has 252 valence electrons. The Hall–Kier alpha value is -0.500. The van der Waals surface area contributed by atoms with E-state index in [-0.39, 0.29) is 32.3 Å². The topological polar surface area (TPSA) is 117 Å². The summed E-state index contributed by atoms with van der Waals surface area (Å²) in [6, 6.07) is 0. The molecule has 0 rings (SSSR count). The normalized spacial score (nSPS) is 13.7. The molecule has 0 fully saturated rings. The summed E-state index contributed by atoms with van der Waals surface area (Å²) in [5.74, 6) is -0.334. The highest BCUT2D eigenvalue weighted by Crippen LogP contribution is 2.43. The molecular formula is C33H68NO7P. The number of unbranched alkanes of at least 4 members (excludes halogenated alkanes) is 21. The second-order valence-electron chi connectivity index (χ2n) is 11.7. The van der Waals surface area contributed by atoms with E-state index in [1.54, 1.807) is 0 Å². The van der Waals surface area contributed by atoms with Crippen LogP contribution in [0.5, 0.6) is 0 Å². The Kier molecular flexibility index (Phi) is 31.5. The van der Waals surface area contributed by atoms with E-state index < -0.39 is 13.9 Å². The summed E-state index contributed by atoms with van der Waals surface area (Å²) in [6.07, 6.45) is 28.4. The van der Waals surface area contributed by atoms with Crippen LogP contribution in [0.15, 0.2) is 0 Å². The van der Waals surface area contributed by atoms with Gasteiger partial charge >= 0.3 is 13.8 Å². The van der Waals surface area contributed by atoms with Crippen LogP contribution in [0.4, 0.5) is 0 Å². The molecule has 0 saturated carbocycles. The molecule has 1 unspecified atom stereocenters. The van der Waals surface area contributed by atoms with Crippen LogP contribution in [0, 0.1) is 0 Å². The van der Waals surface area contributed by atoms with Crippen molar-refractivity contribution in [3.63, 3.8) is 0 Å². The molecule has 42 heavy (non-hydrogen) atoms. The first-order chi connectivity index (χ1) is 20.4. The molecule has 9 heteroatoms. The third-order valence-corrected chi connectivity index (χ3v) is 8.51. The third-order valence-electron chi connectivity index (χ3n) is 7.52. The Morgan fingerprint density at radius 1 is 0.619 bits per heavy atom. The van der Waals surface area contributed by atoms with Gasteiger partial charge in [0.2, 0.25) is 0 Å². The highest BCUT2D eigenvalue weighted by Gasteiger charge is 2.25. The molecule has 0 aromatic heterocycles. The van der Waals surface area contributed by atoms with Gasteiger partial charge in [0.05, 0.1) is 19.8 Å². The summed E-state index contributed by atoms with van der Waals surface area (Å²) >= 11 is 0. The monoisotopic (exact) mass is 621 g/mol. The molecule has 3 N–H and O–H groups in total. The molecule has 2 atom stereocenters. The van der Waals surface area contributed by atoms with E-state index in [1.807, 2.05) is 0 Å². The zero-order valence-corrected chi connectivity index (χ0v) is 28.4. The molecule has 0 aliphatic rings. The standard InChI is InChI=1S/C33H68NO7P/c1-3-5-7-9-11-12-13-14-15-16-17-18-19-21-23-25-28-38-30-32(31-40-42(36,37)39-29-27-34)41-33(35)26-24-22-20-10-8-6-4-2/h32H,3-31,34H2,1-2H3,(H,36,37)/t32-/m1/s1. The van der Waals surface area contributed by atoms with E-state index in [0.717, 1.165) is 32.1 Å². The maximum Gasteiger partial charge on any atom is 0.472 e. The number of ether oxygens (including phenoxy) is 2. The minimum atomic E-state index is -4.25. The number of hydrogen-bond acceptors (Lipinski definition) is 7. The Labute approximate surface area is 259 Å². The number of hydrogen-bond donors (Lipinski definition) is 2. The van der Waals surface area contributed by atoms with Crippen LogP contribution in [0.3, 0.4) is 0 Å². The van der Waals surface area contributed by atoms with E-state index in [0.29, 0.717) is 13.0 Å². The molecule has 0 bridgehead atoms. The van der Waals surface area contributed by atoms with Crippen LogP contribution in [0.25, 0.3) is 0 Å². The fraction of sp³-hybridized carbons (Fsp3) is 0.970. The zero-order valence-electron chi connectivity index (χ0n) is 27.5. The van der Waals surface area contributed by atoms with Gasteiger partial charge in [-0.1, -0.05) is 149 Å². The van der Waals surface area contributed by atoms with Crippen molar-refractivity contribution < 1.29 is 32.8 Å². The lowest BCUT2D eigenvalue weighted by Gasteiger charge is -2.20. The summed E-state index contributed by atoms with van der Waals surface area (Å²) < 4.78 is 33.1. The molecule has 0 radical (unpaired) electrons. The quantitative estimate of drug-likeness (QED) is 0.0414. The third kappa shape index (κ3) is 30.9. The van der Waals surface area contributed by atoms with E-state index in [4.69, 9.17) is 24.3 Å². The van der Waals surface area contributed by atoms with Gasteiger partial charge in [0.1, 0.15) is 6.10 Å². The van der Waals surface area contributed by atoms with E-state index in [9.17, 15) is 14.3 Å². The highest BCUT2D eigenvalue weighted by molar-refractivity contribution is 7.47. The second-order valence-corrected chi connectivity index (χ2v) is 13.2. The summed E-state index contributed by atoms with van der Waals surface area (Å²) in [4.78, 5) is 22.2. The molecular weight excluding hydrogens is 553 g/mol. The molecule has 0 heterocycles. The lowest BCUT2D eigenvalue weighted by atomic mass is 10.0. The summed E-state index contributed by atoms with van der Waals surface area (Å²) in [5.41, 5.74) is 5.33. The largest absolute Gasteiger partial charge is 0.472 e. The number of phosphoric ester groups is 1. The Morgan fingerprint density at radius 2 is 1.05 bits per heavy atom. The van der Waals surface area contributed by atoms with Gasteiger partial charge in [-0.15, -0.1) is 0 Å². The molecule has 0 aromatic rings. The van der Waals surface area contributed by atoms with Crippen molar-refractivity contribution in [2.75, 3.05) is 33.0 Å². The SMILES string of the molecule is CCCCCCCCCCCCCCCCCCOC[C@H](COP(=O)(O)OCCN)OC(=O)CCCCCCCCC. The first kappa shape index (κ1) is 41.5. The van der Waals surface area contributed by atoms with Crippen LogP contribution in [-0.2, 0) is 27.9 Å². The number of phosphoric acid groups is 1. The summed E-state index contributed by atoms with van der Waals surface area (Å²) in [6.45, 7) is 4.90. The van der Waals surface area contributed by atoms with Crippen LogP contribution < -0.4 is 5.73 Å². The van der Waals surface area contributed by atoms with Gasteiger partial charge in [0, 0.05) is 19.6 Å². The molecule has 0 aliphatic carbocycles. The van der Waals surface area contributed by atoms with E-state index in [2.05, 4.69) is 13.8 Å². The van der Waals surface area contributed by atoms with Crippen LogP contribution >= 0.6 is 7.82 Å². The molecule has 0 aromatic carbocycles. The number of carbonyl (C=O) groups excluding carboxylic acids is 1. The molecule has 0 saturated heterocycles.